The molecular formula is C5H4ClN2NaS. The maximum absolute atomic E-state index is 5.59. The molecule has 0 radical (unpaired) electrons. The molecule has 0 spiro atoms. The second-order valence-electron chi connectivity index (χ2n) is 1.51. The van der Waals surface area contributed by atoms with Crippen LogP contribution in [-0.4, -0.2) is 4.98 Å². The monoisotopic (exact) mass is 182 g/mol. The summed E-state index contributed by atoms with van der Waals surface area (Å²) in [5, 5.41) is 0.368. The van der Waals surface area contributed by atoms with E-state index < -0.39 is 0 Å². The van der Waals surface area contributed by atoms with Crippen LogP contribution in [0, 0.1) is 0 Å². The molecule has 2 nitrogen and oxygen atoms in total. The van der Waals surface area contributed by atoms with E-state index in [1.165, 1.54) is 6.20 Å². The topological polar surface area (TPSA) is 38.9 Å². The van der Waals surface area contributed by atoms with Crippen molar-refractivity contribution in [2.75, 3.05) is 5.73 Å². The van der Waals surface area contributed by atoms with Gasteiger partial charge in [-0.2, -0.15) is 4.90 Å². The Hall–Kier alpha value is 0.460. The Morgan fingerprint density at radius 2 is 2.20 bits per heavy atom. The number of nitrogens with two attached hydrogens (primary N) is 1. The normalized spacial score (nSPS) is 8.50. The Morgan fingerprint density at radius 1 is 1.60 bits per heavy atom. The summed E-state index contributed by atoms with van der Waals surface area (Å²) in [6.07, 6.45) is 1.53. The maximum atomic E-state index is 5.59. The first-order chi connectivity index (χ1) is 4.22. The number of nitrogen functional groups attached to an aromatic ring is 1. The molecule has 2 N–H and O–H groups in total. The summed E-state index contributed by atoms with van der Waals surface area (Å²) >= 11 is 10.4. The van der Waals surface area contributed by atoms with Gasteiger partial charge in [0.1, 0.15) is 5.82 Å². The molecule has 1 heterocycles. The Kier molecular flexibility index (Phi) is 4.56. The molecule has 0 fully saturated rings. The molecule has 10 heavy (non-hydrogen) atoms. The molecule has 0 unspecified atom stereocenters. The SMILES string of the molecule is Nc1nccc([S-])c1Cl.[Na+]. The standard InChI is InChI=1S/C5H5ClN2S.Na/c6-4-3(9)1-2-8-5(4)7;/h1-2H,(H3,7,8,9);/q;+1/p-1. The zero-order chi connectivity index (χ0) is 6.85. The number of aromatic nitrogens is 1. The van der Waals surface area contributed by atoms with E-state index in [-0.39, 0.29) is 29.6 Å². The minimum absolute atomic E-state index is 0. The van der Waals surface area contributed by atoms with Crippen molar-refractivity contribution in [2.24, 2.45) is 0 Å². The number of nitrogens with zero attached hydrogens (tertiary/aromatic N) is 1. The summed E-state index contributed by atoms with van der Waals surface area (Å²) < 4.78 is 0. The van der Waals surface area contributed by atoms with E-state index in [9.17, 15) is 0 Å². The summed E-state index contributed by atoms with van der Waals surface area (Å²) in [7, 11) is 0. The Balaban J connectivity index is 0.000000810. The van der Waals surface area contributed by atoms with Gasteiger partial charge in [0.25, 0.3) is 0 Å². The van der Waals surface area contributed by atoms with Gasteiger partial charge in [-0.3, -0.25) is 0 Å². The van der Waals surface area contributed by atoms with Crippen molar-refractivity contribution in [2.45, 2.75) is 4.90 Å². The van der Waals surface area contributed by atoms with Crippen LogP contribution in [0.3, 0.4) is 0 Å². The van der Waals surface area contributed by atoms with E-state index in [0.29, 0.717) is 15.7 Å². The fraction of sp³-hybridized carbons (Fsp3) is 0. The van der Waals surface area contributed by atoms with Gasteiger partial charge in [0, 0.05) is 6.20 Å². The van der Waals surface area contributed by atoms with Crippen LogP contribution in [0.4, 0.5) is 5.82 Å². The molecule has 1 aromatic rings. The van der Waals surface area contributed by atoms with Crippen LogP contribution in [0.15, 0.2) is 17.2 Å². The molecule has 0 aromatic carbocycles. The van der Waals surface area contributed by atoms with Crippen molar-refractivity contribution < 1.29 is 29.6 Å². The molecule has 1 aromatic heterocycles. The second kappa shape index (κ2) is 4.36. The molecule has 0 aliphatic rings. The summed E-state index contributed by atoms with van der Waals surface area (Å²) in [5.74, 6) is 0.296. The van der Waals surface area contributed by atoms with Crippen LogP contribution in [0.1, 0.15) is 0 Å². The molecule has 0 aliphatic carbocycles. The molecule has 0 aliphatic heterocycles. The summed E-state index contributed by atoms with van der Waals surface area (Å²) in [5.41, 5.74) is 5.31. The molecule has 48 valence electrons. The number of pyridine rings is 1. The predicted molar refractivity (Wildman–Crippen MR) is 39.3 cm³/mol. The third-order valence-corrected chi connectivity index (χ3v) is 1.73. The van der Waals surface area contributed by atoms with Crippen LogP contribution in [-0.2, 0) is 12.6 Å². The molecule has 0 saturated carbocycles. The van der Waals surface area contributed by atoms with E-state index in [4.69, 9.17) is 30.0 Å². The first kappa shape index (κ1) is 10.5. The van der Waals surface area contributed by atoms with Gasteiger partial charge in [-0.15, -0.1) is 0 Å². The maximum Gasteiger partial charge on any atom is 1.00 e. The van der Waals surface area contributed by atoms with Crippen molar-refractivity contribution in [3.05, 3.63) is 17.3 Å². The van der Waals surface area contributed by atoms with Gasteiger partial charge in [0.2, 0.25) is 0 Å². The second-order valence-corrected chi connectivity index (χ2v) is 2.33. The van der Waals surface area contributed by atoms with Crippen LogP contribution >= 0.6 is 11.6 Å². The van der Waals surface area contributed by atoms with E-state index in [2.05, 4.69) is 4.98 Å². The van der Waals surface area contributed by atoms with Crippen molar-refractivity contribution in [3.63, 3.8) is 0 Å². The summed E-state index contributed by atoms with van der Waals surface area (Å²) in [6.45, 7) is 0. The number of hydrogen-bond acceptors (Lipinski definition) is 3. The number of anilines is 1. The largest absolute Gasteiger partial charge is 1.00 e. The Labute approximate surface area is 91.9 Å². The third kappa shape index (κ3) is 2.25. The molecule has 0 amide bonds. The van der Waals surface area contributed by atoms with E-state index in [1.807, 2.05) is 0 Å². The van der Waals surface area contributed by atoms with Gasteiger partial charge >= 0.3 is 29.6 Å². The van der Waals surface area contributed by atoms with Crippen molar-refractivity contribution in [1.29, 1.82) is 0 Å². The Bertz CT molecular complexity index is 211. The average molecular weight is 183 g/mol. The molecule has 0 saturated heterocycles. The van der Waals surface area contributed by atoms with Gasteiger partial charge in [-0.1, -0.05) is 17.7 Å². The molecule has 5 heteroatoms. The number of halogens is 1. The quantitative estimate of drug-likeness (QED) is 0.381. The number of rotatable bonds is 0. The van der Waals surface area contributed by atoms with Gasteiger partial charge in [-0.05, 0) is 0 Å². The molecular weight excluding hydrogens is 179 g/mol. The smallest absolute Gasteiger partial charge is 0.778 e. The summed E-state index contributed by atoms with van der Waals surface area (Å²) in [6, 6.07) is 1.63. The van der Waals surface area contributed by atoms with E-state index in [0.717, 1.165) is 0 Å². The number of hydrogen-bond donors (Lipinski definition) is 1. The Morgan fingerprint density at radius 3 is 2.60 bits per heavy atom. The van der Waals surface area contributed by atoms with Crippen molar-refractivity contribution in [1.82, 2.24) is 4.98 Å². The van der Waals surface area contributed by atoms with Crippen LogP contribution in [0.2, 0.25) is 5.02 Å². The van der Waals surface area contributed by atoms with Crippen molar-refractivity contribution in [3.8, 4) is 0 Å². The van der Waals surface area contributed by atoms with Crippen LogP contribution in [0.25, 0.3) is 0 Å². The van der Waals surface area contributed by atoms with E-state index in [1.54, 1.807) is 6.07 Å². The third-order valence-electron chi connectivity index (χ3n) is 0.881. The van der Waals surface area contributed by atoms with Crippen LogP contribution in [0.5, 0.6) is 0 Å². The minimum atomic E-state index is 0. The first-order valence-electron chi connectivity index (χ1n) is 2.29. The van der Waals surface area contributed by atoms with Gasteiger partial charge in [-0.25, -0.2) is 4.98 Å². The minimum Gasteiger partial charge on any atom is -0.778 e. The molecule has 1 rings (SSSR count). The van der Waals surface area contributed by atoms with Gasteiger partial charge in [0.15, 0.2) is 0 Å². The zero-order valence-corrected chi connectivity index (χ0v) is 9.04. The van der Waals surface area contributed by atoms with Crippen molar-refractivity contribution >= 4 is 30.0 Å². The average Bonchev–Trinajstić information content (AvgIpc) is 1.83. The fourth-order valence-corrected chi connectivity index (χ4v) is 0.719. The molecule has 0 atom stereocenters. The predicted octanol–water partition coefficient (Wildman–Crippen LogP) is -1.77. The van der Waals surface area contributed by atoms with Gasteiger partial charge < -0.3 is 18.4 Å². The molecule has 0 bridgehead atoms. The van der Waals surface area contributed by atoms with Crippen LogP contribution < -0.4 is 35.3 Å². The van der Waals surface area contributed by atoms with Gasteiger partial charge in [0.05, 0.1) is 5.02 Å². The van der Waals surface area contributed by atoms with E-state index >= 15 is 0 Å². The summed E-state index contributed by atoms with van der Waals surface area (Å²) in [4.78, 5) is 4.26. The fourth-order valence-electron chi connectivity index (χ4n) is 0.441. The first-order valence-corrected chi connectivity index (χ1v) is 3.07. The zero-order valence-electron chi connectivity index (χ0n) is 5.47.